The van der Waals surface area contributed by atoms with Crippen LogP contribution in [0, 0.1) is 5.92 Å². The van der Waals surface area contributed by atoms with Crippen molar-refractivity contribution < 1.29 is 19.7 Å². The highest BCUT2D eigenvalue weighted by Crippen LogP contribution is 2.34. The maximum Gasteiger partial charge on any atom is 0.335 e. The van der Waals surface area contributed by atoms with Gasteiger partial charge in [-0.05, 0) is 19.8 Å². The summed E-state index contributed by atoms with van der Waals surface area (Å²) in [5, 5.41) is 18.7. The van der Waals surface area contributed by atoms with Crippen molar-refractivity contribution in [2.75, 3.05) is 7.11 Å². The topological polar surface area (TPSA) is 66.8 Å². The highest BCUT2D eigenvalue weighted by atomic mass is 16.5. The van der Waals surface area contributed by atoms with Crippen LogP contribution < -0.4 is 0 Å². The molecule has 1 fully saturated rings. The van der Waals surface area contributed by atoms with Gasteiger partial charge in [0.15, 0.2) is 5.60 Å². The number of hydrogen-bond acceptors (Lipinski definition) is 3. The first-order valence-electron chi connectivity index (χ1n) is 4.98. The number of carbonyl (C=O) groups is 1. The standard InChI is InChI=1S/C10H18O4/c1-10(13,9(11)12)7-5-3-4-6-8(7)14-2/h7-8,13H,3-6H2,1-2H3,(H,11,12). The molecule has 0 aromatic heterocycles. The minimum Gasteiger partial charge on any atom is -0.479 e. The SMILES string of the molecule is COC1CCCCC1C(C)(O)C(=O)O. The van der Waals surface area contributed by atoms with E-state index in [1.807, 2.05) is 0 Å². The number of hydrogen-bond donors (Lipinski definition) is 2. The van der Waals surface area contributed by atoms with Crippen LogP contribution >= 0.6 is 0 Å². The van der Waals surface area contributed by atoms with E-state index in [1.54, 1.807) is 7.11 Å². The van der Waals surface area contributed by atoms with Gasteiger partial charge in [-0.1, -0.05) is 12.8 Å². The van der Waals surface area contributed by atoms with Crippen molar-refractivity contribution in [1.82, 2.24) is 0 Å². The number of aliphatic carboxylic acids is 1. The number of aliphatic hydroxyl groups is 1. The lowest BCUT2D eigenvalue weighted by Crippen LogP contribution is -2.49. The van der Waals surface area contributed by atoms with E-state index in [-0.39, 0.29) is 12.0 Å². The van der Waals surface area contributed by atoms with E-state index in [1.165, 1.54) is 6.92 Å². The van der Waals surface area contributed by atoms with Crippen LogP contribution in [0.1, 0.15) is 32.6 Å². The number of ether oxygens (including phenoxy) is 1. The van der Waals surface area contributed by atoms with Gasteiger partial charge in [0.25, 0.3) is 0 Å². The van der Waals surface area contributed by atoms with Crippen LogP contribution in [-0.2, 0) is 9.53 Å². The second-order valence-electron chi connectivity index (χ2n) is 4.12. The molecule has 1 rings (SSSR count). The van der Waals surface area contributed by atoms with E-state index in [0.29, 0.717) is 0 Å². The molecule has 0 amide bonds. The van der Waals surface area contributed by atoms with Crippen molar-refractivity contribution in [3.05, 3.63) is 0 Å². The van der Waals surface area contributed by atoms with Crippen LogP contribution in [0.3, 0.4) is 0 Å². The largest absolute Gasteiger partial charge is 0.479 e. The first kappa shape index (κ1) is 11.5. The summed E-state index contributed by atoms with van der Waals surface area (Å²) in [5.41, 5.74) is -1.67. The minimum absolute atomic E-state index is 0.130. The van der Waals surface area contributed by atoms with Crippen LogP contribution in [0.15, 0.2) is 0 Å². The number of rotatable bonds is 3. The fraction of sp³-hybridized carbons (Fsp3) is 0.900. The molecule has 2 N–H and O–H groups in total. The van der Waals surface area contributed by atoms with Gasteiger partial charge < -0.3 is 14.9 Å². The summed E-state index contributed by atoms with van der Waals surface area (Å²) < 4.78 is 5.22. The Hall–Kier alpha value is -0.610. The fourth-order valence-electron chi connectivity index (χ4n) is 2.18. The lowest BCUT2D eigenvalue weighted by atomic mass is 9.76. The van der Waals surface area contributed by atoms with E-state index in [0.717, 1.165) is 25.7 Å². The van der Waals surface area contributed by atoms with Gasteiger partial charge in [-0.2, -0.15) is 0 Å². The average molecular weight is 202 g/mol. The monoisotopic (exact) mass is 202 g/mol. The van der Waals surface area contributed by atoms with Gasteiger partial charge >= 0.3 is 5.97 Å². The lowest BCUT2D eigenvalue weighted by Gasteiger charge is -2.37. The molecule has 0 aliphatic heterocycles. The van der Waals surface area contributed by atoms with Crippen LogP contribution in [0.25, 0.3) is 0 Å². The molecule has 3 atom stereocenters. The molecule has 1 aliphatic rings. The van der Waals surface area contributed by atoms with Crippen molar-refractivity contribution in [1.29, 1.82) is 0 Å². The first-order chi connectivity index (χ1) is 6.50. The molecule has 0 saturated heterocycles. The summed E-state index contributed by atoms with van der Waals surface area (Å²) in [6, 6.07) is 0. The summed E-state index contributed by atoms with van der Waals surface area (Å²) in [6.45, 7) is 1.36. The van der Waals surface area contributed by atoms with Crippen molar-refractivity contribution in [2.45, 2.75) is 44.3 Å². The van der Waals surface area contributed by atoms with Crippen molar-refractivity contribution >= 4 is 5.97 Å². The highest BCUT2D eigenvalue weighted by molar-refractivity contribution is 5.77. The maximum atomic E-state index is 10.9. The van der Waals surface area contributed by atoms with E-state index in [4.69, 9.17) is 9.84 Å². The minimum atomic E-state index is -1.67. The van der Waals surface area contributed by atoms with E-state index in [9.17, 15) is 9.90 Å². The van der Waals surface area contributed by atoms with Gasteiger partial charge in [-0.25, -0.2) is 4.79 Å². The Labute approximate surface area is 83.9 Å². The molecule has 0 aromatic rings. The summed E-state index contributed by atoms with van der Waals surface area (Å²) in [4.78, 5) is 10.9. The Balaban J connectivity index is 2.77. The summed E-state index contributed by atoms with van der Waals surface area (Å²) >= 11 is 0. The Morgan fingerprint density at radius 2 is 2.00 bits per heavy atom. The number of carboxylic acids is 1. The van der Waals surface area contributed by atoms with Gasteiger partial charge in [0, 0.05) is 13.0 Å². The van der Waals surface area contributed by atoms with Crippen LogP contribution in [0.5, 0.6) is 0 Å². The molecule has 0 aromatic carbocycles. The molecule has 0 bridgehead atoms. The Morgan fingerprint density at radius 3 is 2.50 bits per heavy atom. The predicted molar refractivity (Wildman–Crippen MR) is 51.0 cm³/mol. The molecule has 0 heterocycles. The zero-order valence-electron chi connectivity index (χ0n) is 8.69. The molecule has 1 saturated carbocycles. The molecule has 0 spiro atoms. The molecule has 0 radical (unpaired) electrons. The molecule has 1 aliphatic carbocycles. The third-order valence-electron chi connectivity index (χ3n) is 3.16. The zero-order chi connectivity index (χ0) is 10.8. The molecule has 4 nitrogen and oxygen atoms in total. The second-order valence-corrected chi connectivity index (χ2v) is 4.12. The average Bonchev–Trinajstić information content (AvgIpc) is 2.17. The molecule has 14 heavy (non-hydrogen) atoms. The Kier molecular flexibility index (Phi) is 3.50. The van der Waals surface area contributed by atoms with Gasteiger partial charge in [0.2, 0.25) is 0 Å². The zero-order valence-corrected chi connectivity index (χ0v) is 8.69. The molecular formula is C10H18O4. The normalized spacial score (nSPS) is 32.2. The Morgan fingerprint density at radius 1 is 1.43 bits per heavy atom. The number of carboxylic acid groups (broad SMARTS) is 1. The first-order valence-corrected chi connectivity index (χ1v) is 4.98. The summed E-state index contributed by atoms with van der Waals surface area (Å²) in [7, 11) is 1.57. The number of methoxy groups -OCH3 is 1. The third kappa shape index (κ3) is 2.07. The second kappa shape index (κ2) is 4.28. The third-order valence-corrected chi connectivity index (χ3v) is 3.16. The maximum absolute atomic E-state index is 10.9. The van der Waals surface area contributed by atoms with E-state index in [2.05, 4.69) is 0 Å². The lowest BCUT2D eigenvalue weighted by molar-refractivity contribution is -0.171. The molecule has 82 valence electrons. The smallest absolute Gasteiger partial charge is 0.335 e. The van der Waals surface area contributed by atoms with Crippen LogP contribution in [0.2, 0.25) is 0 Å². The van der Waals surface area contributed by atoms with Crippen molar-refractivity contribution in [2.24, 2.45) is 5.92 Å². The van der Waals surface area contributed by atoms with E-state index >= 15 is 0 Å². The van der Waals surface area contributed by atoms with Gasteiger partial charge in [-0.3, -0.25) is 0 Å². The van der Waals surface area contributed by atoms with Gasteiger partial charge in [0.05, 0.1) is 6.10 Å². The predicted octanol–water partition coefficient (Wildman–Crippen LogP) is 1.03. The van der Waals surface area contributed by atoms with Crippen molar-refractivity contribution in [3.63, 3.8) is 0 Å². The van der Waals surface area contributed by atoms with Crippen LogP contribution in [-0.4, -0.2) is 35.0 Å². The van der Waals surface area contributed by atoms with Gasteiger partial charge in [-0.15, -0.1) is 0 Å². The van der Waals surface area contributed by atoms with Crippen LogP contribution in [0.4, 0.5) is 0 Å². The van der Waals surface area contributed by atoms with Gasteiger partial charge in [0.1, 0.15) is 0 Å². The highest BCUT2D eigenvalue weighted by Gasteiger charge is 2.44. The molecule has 3 unspecified atom stereocenters. The van der Waals surface area contributed by atoms with Crippen molar-refractivity contribution in [3.8, 4) is 0 Å². The molecule has 4 heteroatoms. The summed E-state index contributed by atoms with van der Waals surface area (Å²) in [6.07, 6.45) is 3.44. The summed E-state index contributed by atoms with van der Waals surface area (Å²) in [5.74, 6) is -1.45. The van der Waals surface area contributed by atoms with E-state index < -0.39 is 11.6 Å². The Bertz CT molecular complexity index is 212. The molecular weight excluding hydrogens is 184 g/mol. The fourth-order valence-corrected chi connectivity index (χ4v) is 2.18. The quantitative estimate of drug-likeness (QED) is 0.717.